The Hall–Kier alpha value is -2.06. The van der Waals surface area contributed by atoms with Gasteiger partial charge in [0, 0.05) is 26.1 Å². The number of carbonyl (C=O) groups is 1. The third kappa shape index (κ3) is 8.71. The molecule has 0 aromatic heterocycles. The number of rotatable bonds is 16. The molecule has 49 heavy (non-hydrogen) atoms. The highest BCUT2D eigenvalue weighted by atomic mass is 35.5. The first kappa shape index (κ1) is 39.7. The minimum atomic E-state index is -0.497. The number of anilines is 2. The molecule has 3 fully saturated rings. The first-order valence-electron chi connectivity index (χ1n) is 19.4. The molecular formula is C40H67ClN4O4. The van der Waals surface area contributed by atoms with Gasteiger partial charge in [-0.2, -0.15) is 0 Å². The maximum Gasteiger partial charge on any atom is 0.407 e. The van der Waals surface area contributed by atoms with Gasteiger partial charge in [0.05, 0.1) is 0 Å². The van der Waals surface area contributed by atoms with Crippen LogP contribution in [0.4, 0.5) is 16.2 Å². The van der Waals surface area contributed by atoms with Crippen molar-refractivity contribution in [2.45, 2.75) is 124 Å². The first-order chi connectivity index (χ1) is 22.8. The second kappa shape index (κ2) is 17.0. The molecule has 0 saturated heterocycles. The Balaban J connectivity index is 0.00000541. The number of unbranched alkanes of at least 4 members (excludes halogenated alkanes) is 1. The molecule has 3 N–H and O–H groups in total. The van der Waals surface area contributed by atoms with E-state index in [2.05, 4.69) is 61.5 Å². The number of nitrogens with one attached hydrogen (secondary N) is 3. The van der Waals surface area contributed by atoms with E-state index >= 15 is 0 Å². The van der Waals surface area contributed by atoms with Crippen molar-refractivity contribution >= 4 is 29.9 Å². The summed E-state index contributed by atoms with van der Waals surface area (Å²) >= 11 is 0. The van der Waals surface area contributed by atoms with Crippen LogP contribution in [0, 0.1) is 46.3 Å². The molecule has 1 aromatic carbocycles. The fraction of sp³-hybridized carbons (Fsp3) is 0.825. The Morgan fingerprint density at radius 2 is 1.61 bits per heavy atom. The molecule has 0 bridgehead atoms. The van der Waals surface area contributed by atoms with Crippen molar-refractivity contribution in [3.63, 3.8) is 0 Å². The number of hydrogen-bond acceptors (Lipinski definition) is 7. The number of halogens is 1. The van der Waals surface area contributed by atoms with Crippen molar-refractivity contribution in [1.29, 1.82) is 0 Å². The number of alkyl carbamates (subject to hydrolysis) is 1. The van der Waals surface area contributed by atoms with Crippen LogP contribution in [0.5, 0.6) is 0 Å². The molecular weight excluding hydrogens is 636 g/mol. The summed E-state index contributed by atoms with van der Waals surface area (Å²) in [7, 11) is 4.07. The molecule has 8 atom stereocenters. The highest BCUT2D eigenvalue weighted by Crippen LogP contribution is 2.67. The van der Waals surface area contributed by atoms with Crippen LogP contribution in [0.2, 0.25) is 0 Å². The van der Waals surface area contributed by atoms with E-state index in [-0.39, 0.29) is 23.9 Å². The van der Waals surface area contributed by atoms with Gasteiger partial charge in [-0.05, 0) is 125 Å². The Labute approximate surface area is 302 Å². The van der Waals surface area contributed by atoms with Crippen molar-refractivity contribution < 1.29 is 9.53 Å². The standard InChI is InChI=1S/C40H66N4O4.ClH/c1-26(2)11-10-12-27(3)31-15-16-32-30-14-13-28-25-29(17-19-39(28,4)33(30)18-20-40(31,32)5)48-38(47)43-23-22-42-35-34(36(45)37(35)46)41-21-8-9-24-44(6)7;/h13,26-27,29-33,41-42H,8-12,14-25H2,1-7H3,(H,43,47);1H/t27-,29+,30+,31-,32+,33+,39+,40-;/m1./s1. The van der Waals surface area contributed by atoms with Crippen LogP contribution in [-0.2, 0) is 4.74 Å². The summed E-state index contributed by atoms with van der Waals surface area (Å²) in [6, 6.07) is 0. The zero-order valence-electron chi connectivity index (χ0n) is 31.6. The molecule has 0 heterocycles. The van der Waals surface area contributed by atoms with E-state index in [1.54, 1.807) is 0 Å². The minimum Gasteiger partial charge on any atom is -0.446 e. The van der Waals surface area contributed by atoms with Crippen LogP contribution >= 0.6 is 12.4 Å². The summed E-state index contributed by atoms with van der Waals surface area (Å²) in [4.78, 5) is 39.0. The van der Waals surface area contributed by atoms with Crippen LogP contribution in [0.3, 0.4) is 0 Å². The molecule has 4 aliphatic carbocycles. The molecule has 9 heteroatoms. The average molecular weight is 703 g/mol. The summed E-state index contributed by atoms with van der Waals surface area (Å²) in [6.45, 7) is 14.7. The molecule has 5 rings (SSSR count). The maximum atomic E-state index is 12.8. The van der Waals surface area contributed by atoms with Gasteiger partial charge in [0.15, 0.2) is 0 Å². The summed E-state index contributed by atoms with van der Waals surface area (Å²) in [5.74, 6) is 4.91. The van der Waals surface area contributed by atoms with Crippen LogP contribution in [0.25, 0.3) is 0 Å². The molecule has 278 valence electrons. The topological polar surface area (TPSA) is 99.8 Å². The van der Waals surface area contributed by atoms with Crippen LogP contribution < -0.4 is 26.8 Å². The quantitative estimate of drug-likeness (QED) is 0.0912. The lowest BCUT2D eigenvalue weighted by molar-refractivity contribution is -0.0581. The van der Waals surface area contributed by atoms with Crippen molar-refractivity contribution in [3.05, 3.63) is 32.1 Å². The summed E-state index contributed by atoms with van der Waals surface area (Å²) < 4.78 is 5.93. The fourth-order valence-corrected chi connectivity index (χ4v) is 10.8. The molecule has 0 aliphatic heterocycles. The number of ether oxygens (including phenoxy) is 1. The molecule has 3 saturated carbocycles. The van der Waals surface area contributed by atoms with E-state index in [4.69, 9.17) is 4.74 Å². The number of amides is 1. The molecule has 1 aromatic rings. The lowest BCUT2D eigenvalue weighted by atomic mass is 9.47. The fourth-order valence-electron chi connectivity index (χ4n) is 10.8. The van der Waals surface area contributed by atoms with Gasteiger partial charge in [0.2, 0.25) is 0 Å². The molecule has 4 aliphatic rings. The SMILES string of the molecule is CC(C)CCC[C@@H](C)[C@H]1CC[C@H]2[C@@H]3CC=C4C[C@@H](OC(=O)NCCNc5c(NCCCCN(C)C)c(=O)c5=O)CC[C@]4(C)[C@H]3CC[C@]12C.Cl. The monoisotopic (exact) mass is 702 g/mol. The Bertz CT molecular complexity index is 1350. The van der Waals surface area contributed by atoms with Crippen LogP contribution in [0.15, 0.2) is 21.2 Å². The van der Waals surface area contributed by atoms with E-state index in [0.717, 1.165) is 74.2 Å². The summed E-state index contributed by atoms with van der Waals surface area (Å²) in [5, 5.41) is 8.99. The normalized spacial score (nSPS) is 31.3. The lowest BCUT2D eigenvalue weighted by Crippen LogP contribution is -2.51. The van der Waals surface area contributed by atoms with E-state index in [1.807, 2.05) is 14.1 Å². The van der Waals surface area contributed by atoms with Gasteiger partial charge >= 0.3 is 6.09 Å². The maximum absolute atomic E-state index is 12.8. The summed E-state index contributed by atoms with van der Waals surface area (Å²) in [6.07, 6.45) is 17.7. The van der Waals surface area contributed by atoms with Gasteiger partial charge < -0.3 is 25.6 Å². The first-order valence-corrected chi connectivity index (χ1v) is 19.4. The average Bonchev–Trinajstić information content (AvgIpc) is 3.40. The largest absolute Gasteiger partial charge is 0.446 e. The van der Waals surface area contributed by atoms with Gasteiger partial charge in [0.25, 0.3) is 10.9 Å². The Kier molecular flexibility index (Phi) is 13.8. The number of hydrogen-bond donors (Lipinski definition) is 3. The van der Waals surface area contributed by atoms with E-state index in [9.17, 15) is 14.4 Å². The van der Waals surface area contributed by atoms with Crippen molar-refractivity contribution in [3.8, 4) is 0 Å². The molecule has 0 radical (unpaired) electrons. The lowest BCUT2D eigenvalue weighted by Gasteiger charge is -2.58. The van der Waals surface area contributed by atoms with E-state index < -0.39 is 17.0 Å². The Morgan fingerprint density at radius 1 is 0.898 bits per heavy atom. The zero-order chi connectivity index (χ0) is 34.6. The highest BCUT2D eigenvalue weighted by Gasteiger charge is 2.59. The van der Waals surface area contributed by atoms with Crippen LogP contribution in [-0.4, -0.2) is 57.4 Å². The number of allylic oxidation sites excluding steroid dienone is 1. The second-order valence-corrected chi connectivity index (χ2v) is 17.3. The van der Waals surface area contributed by atoms with Gasteiger partial charge in [0.1, 0.15) is 17.5 Å². The van der Waals surface area contributed by atoms with Crippen LogP contribution in [0.1, 0.15) is 118 Å². The van der Waals surface area contributed by atoms with Gasteiger partial charge in [-0.15, -0.1) is 12.4 Å². The number of nitrogens with zero attached hydrogens (tertiary/aromatic N) is 1. The van der Waals surface area contributed by atoms with Gasteiger partial charge in [-0.3, -0.25) is 9.59 Å². The van der Waals surface area contributed by atoms with Gasteiger partial charge in [-0.25, -0.2) is 4.79 Å². The summed E-state index contributed by atoms with van der Waals surface area (Å²) in [5.41, 5.74) is 1.97. The van der Waals surface area contributed by atoms with Gasteiger partial charge in [-0.1, -0.05) is 65.5 Å². The Morgan fingerprint density at radius 3 is 2.31 bits per heavy atom. The third-order valence-corrected chi connectivity index (χ3v) is 13.5. The van der Waals surface area contributed by atoms with E-state index in [1.165, 1.54) is 56.9 Å². The highest BCUT2D eigenvalue weighted by molar-refractivity contribution is 5.85. The molecule has 0 unspecified atom stereocenters. The molecule has 8 nitrogen and oxygen atoms in total. The number of carbonyl (C=O) groups excluding carboxylic acids is 1. The third-order valence-electron chi connectivity index (χ3n) is 13.5. The van der Waals surface area contributed by atoms with Crippen molar-refractivity contribution in [2.75, 3.05) is 50.9 Å². The second-order valence-electron chi connectivity index (χ2n) is 17.3. The predicted octanol–water partition coefficient (Wildman–Crippen LogP) is 8.01. The molecule has 0 spiro atoms. The van der Waals surface area contributed by atoms with Crippen molar-refractivity contribution in [1.82, 2.24) is 10.2 Å². The minimum absolute atomic E-state index is 0. The zero-order valence-corrected chi connectivity index (χ0v) is 32.4. The van der Waals surface area contributed by atoms with Crippen molar-refractivity contribution in [2.24, 2.45) is 46.3 Å². The number of fused-ring (bicyclic) bond motifs is 5. The smallest absolute Gasteiger partial charge is 0.407 e. The van der Waals surface area contributed by atoms with E-state index in [0.29, 0.717) is 36.4 Å². The molecule has 1 amide bonds. The predicted molar refractivity (Wildman–Crippen MR) is 205 cm³/mol.